The summed E-state index contributed by atoms with van der Waals surface area (Å²) in [5, 5.41) is 3.78. The Hall–Kier alpha value is -2.31. The van der Waals surface area contributed by atoms with Gasteiger partial charge in [-0.05, 0) is 0 Å². The largest absolute Gasteiger partial charge is 0.465 e. The average molecular weight is 206 g/mol. The third kappa shape index (κ3) is 1.54. The van der Waals surface area contributed by atoms with Gasteiger partial charge in [0, 0.05) is 12.4 Å². The van der Waals surface area contributed by atoms with Gasteiger partial charge in [0.2, 0.25) is 5.82 Å². The Kier molecular flexibility index (Phi) is 2.13. The van der Waals surface area contributed by atoms with Gasteiger partial charge < -0.3 is 4.74 Å². The van der Waals surface area contributed by atoms with Gasteiger partial charge >= 0.3 is 5.97 Å². The maximum Gasteiger partial charge on any atom is 0.341 e. The summed E-state index contributed by atoms with van der Waals surface area (Å²) in [5.41, 5.74) is 0.243. The van der Waals surface area contributed by atoms with Gasteiger partial charge in [-0.1, -0.05) is 0 Å². The number of esters is 1. The summed E-state index contributed by atoms with van der Waals surface area (Å²) < 4.78 is 5.75. The van der Waals surface area contributed by atoms with Crippen LogP contribution in [0.2, 0.25) is 0 Å². The smallest absolute Gasteiger partial charge is 0.341 e. The predicted molar refractivity (Wildman–Crippen MR) is 47.5 cm³/mol. The molecule has 15 heavy (non-hydrogen) atoms. The first-order valence-electron chi connectivity index (χ1n) is 4.00. The van der Waals surface area contributed by atoms with Crippen LogP contribution < -0.4 is 0 Å². The Balaban J connectivity index is 2.55. The Labute approximate surface area is 83.7 Å². The molecule has 0 fully saturated rings. The molecule has 0 aromatic carbocycles. The molecule has 0 saturated heterocycles. The SMILES string of the molecule is COC(=O)c1cnc2nc(C=O)nn2c1. The van der Waals surface area contributed by atoms with Crippen molar-refractivity contribution in [1.82, 2.24) is 19.6 Å². The van der Waals surface area contributed by atoms with Gasteiger partial charge in [0.05, 0.1) is 12.7 Å². The molecule has 7 nitrogen and oxygen atoms in total. The van der Waals surface area contributed by atoms with Crippen molar-refractivity contribution in [3.05, 3.63) is 23.8 Å². The first-order chi connectivity index (χ1) is 7.24. The van der Waals surface area contributed by atoms with Crippen LogP contribution in [-0.4, -0.2) is 38.9 Å². The second-order valence-corrected chi connectivity index (χ2v) is 2.67. The minimum absolute atomic E-state index is 0.0181. The highest BCUT2D eigenvalue weighted by Crippen LogP contribution is 2.01. The molecule has 0 radical (unpaired) electrons. The fourth-order valence-electron chi connectivity index (χ4n) is 1.07. The van der Waals surface area contributed by atoms with E-state index in [0.29, 0.717) is 6.29 Å². The Morgan fingerprint density at radius 2 is 2.40 bits per heavy atom. The van der Waals surface area contributed by atoms with Crippen LogP contribution in [0.5, 0.6) is 0 Å². The number of hydrogen-bond donors (Lipinski definition) is 0. The highest BCUT2D eigenvalue weighted by atomic mass is 16.5. The fourth-order valence-corrected chi connectivity index (χ4v) is 1.07. The van der Waals surface area contributed by atoms with E-state index in [9.17, 15) is 9.59 Å². The van der Waals surface area contributed by atoms with Crippen LogP contribution >= 0.6 is 0 Å². The molecule has 2 rings (SSSR count). The van der Waals surface area contributed by atoms with Crippen LogP contribution in [-0.2, 0) is 4.74 Å². The normalized spacial score (nSPS) is 10.2. The number of rotatable bonds is 2. The zero-order valence-corrected chi connectivity index (χ0v) is 7.75. The highest BCUT2D eigenvalue weighted by molar-refractivity contribution is 5.88. The number of carbonyl (C=O) groups is 2. The van der Waals surface area contributed by atoms with E-state index in [1.807, 2.05) is 0 Å². The Morgan fingerprint density at radius 3 is 3.07 bits per heavy atom. The zero-order valence-electron chi connectivity index (χ0n) is 7.75. The summed E-state index contributed by atoms with van der Waals surface area (Å²) in [5.74, 6) is -0.248. The lowest BCUT2D eigenvalue weighted by Crippen LogP contribution is -2.04. The first kappa shape index (κ1) is 9.25. The Bertz CT molecular complexity index is 534. The average Bonchev–Trinajstić information content (AvgIpc) is 2.69. The fraction of sp³-hybridized carbons (Fsp3) is 0.125. The van der Waals surface area contributed by atoms with Crippen molar-refractivity contribution in [3.63, 3.8) is 0 Å². The van der Waals surface area contributed by atoms with Crippen molar-refractivity contribution >= 4 is 18.0 Å². The molecular formula is C8H6N4O3. The topological polar surface area (TPSA) is 86.5 Å². The lowest BCUT2D eigenvalue weighted by molar-refractivity contribution is 0.0599. The van der Waals surface area contributed by atoms with Gasteiger partial charge in [-0.15, -0.1) is 5.10 Å². The summed E-state index contributed by atoms with van der Waals surface area (Å²) >= 11 is 0. The summed E-state index contributed by atoms with van der Waals surface area (Å²) in [6, 6.07) is 0. The Morgan fingerprint density at radius 1 is 1.60 bits per heavy atom. The third-order valence-electron chi connectivity index (χ3n) is 1.74. The van der Waals surface area contributed by atoms with Crippen LogP contribution in [0.25, 0.3) is 5.78 Å². The van der Waals surface area contributed by atoms with E-state index in [2.05, 4.69) is 19.8 Å². The number of nitrogens with zero attached hydrogens (tertiary/aromatic N) is 4. The summed E-state index contributed by atoms with van der Waals surface area (Å²) in [6.07, 6.45) is 3.21. The monoisotopic (exact) mass is 206 g/mol. The molecule has 2 heterocycles. The molecule has 0 unspecified atom stereocenters. The van der Waals surface area contributed by atoms with Crippen molar-refractivity contribution in [2.75, 3.05) is 7.11 Å². The molecular weight excluding hydrogens is 200 g/mol. The van der Waals surface area contributed by atoms with Crippen LogP contribution in [0.3, 0.4) is 0 Å². The van der Waals surface area contributed by atoms with E-state index in [4.69, 9.17) is 0 Å². The summed E-state index contributed by atoms with van der Waals surface area (Å²) in [7, 11) is 1.27. The number of ether oxygens (including phenoxy) is 1. The van der Waals surface area contributed by atoms with Crippen LogP contribution in [0, 0.1) is 0 Å². The van der Waals surface area contributed by atoms with Crippen molar-refractivity contribution < 1.29 is 14.3 Å². The van der Waals surface area contributed by atoms with Crippen molar-refractivity contribution in [2.45, 2.75) is 0 Å². The highest BCUT2D eigenvalue weighted by Gasteiger charge is 2.09. The van der Waals surface area contributed by atoms with Crippen LogP contribution in [0.4, 0.5) is 0 Å². The summed E-state index contributed by atoms with van der Waals surface area (Å²) in [6.45, 7) is 0. The van der Waals surface area contributed by atoms with E-state index in [1.54, 1.807) is 0 Å². The molecule has 76 valence electrons. The van der Waals surface area contributed by atoms with Gasteiger partial charge in [-0.25, -0.2) is 14.3 Å². The second-order valence-electron chi connectivity index (χ2n) is 2.67. The molecule has 0 N–H and O–H groups in total. The van der Waals surface area contributed by atoms with Gasteiger partial charge in [-0.3, -0.25) is 4.79 Å². The van der Waals surface area contributed by atoms with Crippen molar-refractivity contribution in [3.8, 4) is 0 Å². The molecule has 0 aliphatic carbocycles. The van der Waals surface area contributed by atoms with Crippen LogP contribution in [0.1, 0.15) is 21.0 Å². The van der Waals surface area contributed by atoms with Gasteiger partial charge in [0.1, 0.15) is 0 Å². The second kappa shape index (κ2) is 3.45. The molecule has 2 aromatic rings. The van der Waals surface area contributed by atoms with Crippen molar-refractivity contribution in [1.29, 1.82) is 0 Å². The van der Waals surface area contributed by atoms with Crippen molar-refractivity contribution in [2.24, 2.45) is 0 Å². The number of methoxy groups -OCH3 is 1. The van der Waals surface area contributed by atoms with E-state index in [-0.39, 0.29) is 17.2 Å². The van der Waals surface area contributed by atoms with E-state index >= 15 is 0 Å². The number of aldehydes is 1. The number of carbonyl (C=O) groups excluding carboxylic acids is 2. The molecule has 0 amide bonds. The van der Waals surface area contributed by atoms with Gasteiger partial charge in [0.15, 0.2) is 6.29 Å². The molecule has 0 bridgehead atoms. The lowest BCUT2D eigenvalue weighted by atomic mass is 10.3. The molecule has 0 saturated carbocycles. The zero-order chi connectivity index (χ0) is 10.8. The molecule has 0 atom stereocenters. The van der Waals surface area contributed by atoms with Gasteiger partial charge in [-0.2, -0.15) is 4.98 Å². The third-order valence-corrected chi connectivity index (χ3v) is 1.74. The molecule has 0 aliphatic heterocycles. The van der Waals surface area contributed by atoms with E-state index in [0.717, 1.165) is 0 Å². The van der Waals surface area contributed by atoms with E-state index in [1.165, 1.54) is 24.0 Å². The molecule has 7 heteroatoms. The molecule has 2 aromatic heterocycles. The molecule has 0 aliphatic rings. The maximum atomic E-state index is 11.1. The summed E-state index contributed by atoms with van der Waals surface area (Å²) in [4.78, 5) is 29.2. The van der Waals surface area contributed by atoms with E-state index < -0.39 is 5.97 Å². The lowest BCUT2D eigenvalue weighted by Gasteiger charge is -1.97. The number of aromatic nitrogens is 4. The van der Waals surface area contributed by atoms with Gasteiger partial charge in [0.25, 0.3) is 5.78 Å². The maximum absolute atomic E-state index is 11.1. The standard InChI is InChI=1S/C8H6N4O3/c1-15-7(14)5-2-9-8-10-6(4-13)11-12(8)3-5/h2-4H,1H3. The minimum atomic E-state index is -0.521. The first-order valence-corrected chi connectivity index (χ1v) is 4.00. The number of hydrogen-bond acceptors (Lipinski definition) is 6. The van der Waals surface area contributed by atoms with Crippen LogP contribution in [0.15, 0.2) is 12.4 Å². The quantitative estimate of drug-likeness (QED) is 0.496. The molecule has 0 spiro atoms. The predicted octanol–water partition coefficient (Wildman–Crippen LogP) is -0.277. The number of fused-ring (bicyclic) bond motifs is 1. The minimum Gasteiger partial charge on any atom is -0.465 e.